The predicted molar refractivity (Wildman–Crippen MR) is 33.6 cm³/mol. The molecule has 0 aromatic rings. The van der Waals surface area contributed by atoms with E-state index in [0.717, 1.165) is 0 Å². The van der Waals surface area contributed by atoms with Crippen molar-refractivity contribution in [3.05, 3.63) is 0 Å². The van der Waals surface area contributed by atoms with Gasteiger partial charge in [-0.3, -0.25) is 22.5 Å². The Balaban J connectivity index is 3.29. The second kappa shape index (κ2) is 3.80. The van der Waals surface area contributed by atoms with E-state index < -0.39 is 0 Å². The highest BCUT2D eigenvalue weighted by Gasteiger charge is 2.05. The molecule has 2 unspecified atom stereocenters. The molecule has 2 atom stereocenters. The van der Waals surface area contributed by atoms with Gasteiger partial charge in [-0.25, -0.2) is 0 Å². The van der Waals surface area contributed by atoms with Crippen LogP contribution in [0.2, 0.25) is 0 Å². The Morgan fingerprint density at radius 3 is 1.38 bits per heavy atom. The third-order valence-corrected chi connectivity index (χ3v) is 1.28. The van der Waals surface area contributed by atoms with Gasteiger partial charge >= 0.3 is 0 Å². The molecule has 4 nitrogen and oxygen atoms in total. The second-order valence-electron chi connectivity index (χ2n) is 1.91. The van der Waals surface area contributed by atoms with Gasteiger partial charge in [-0.05, 0) is 13.8 Å². The number of hydrogen-bond donors (Lipinski definition) is 4. The highest BCUT2D eigenvalue weighted by Crippen LogP contribution is 1.84. The number of hydrazine groups is 2. The summed E-state index contributed by atoms with van der Waals surface area (Å²) in [6.45, 7) is 3.90. The third-order valence-electron chi connectivity index (χ3n) is 1.28. The Morgan fingerprint density at radius 2 is 1.25 bits per heavy atom. The first kappa shape index (κ1) is 7.84. The van der Waals surface area contributed by atoms with Crippen LogP contribution in [0.25, 0.3) is 0 Å². The maximum absolute atomic E-state index is 5.10. The summed E-state index contributed by atoms with van der Waals surface area (Å²) >= 11 is 0. The SMILES string of the molecule is CC(NN)C(C)NN. The molecule has 0 aromatic heterocycles. The molecule has 4 heteroatoms. The summed E-state index contributed by atoms with van der Waals surface area (Å²) in [4.78, 5) is 0. The Morgan fingerprint density at radius 1 is 1.00 bits per heavy atom. The van der Waals surface area contributed by atoms with Crippen LogP contribution in [0.3, 0.4) is 0 Å². The van der Waals surface area contributed by atoms with Gasteiger partial charge in [-0.2, -0.15) is 0 Å². The largest absolute Gasteiger partial charge is 0.271 e. The third kappa shape index (κ3) is 2.23. The average molecular weight is 118 g/mol. The van der Waals surface area contributed by atoms with Crippen molar-refractivity contribution in [2.75, 3.05) is 0 Å². The second-order valence-corrected chi connectivity index (χ2v) is 1.91. The van der Waals surface area contributed by atoms with Crippen molar-refractivity contribution in [3.8, 4) is 0 Å². The van der Waals surface area contributed by atoms with Crippen molar-refractivity contribution in [1.29, 1.82) is 0 Å². The molecule has 6 N–H and O–H groups in total. The van der Waals surface area contributed by atoms with Crippen molar-refractivity contribution >= 4 is 0 Å². The quantitative estimate of drug-likeness (QED) is 0.274. The molecular weight excluding hydrogens is 104 g/mol. The standard InChI is InChI=1S/C4H14N4/c1-3(7-5)4(2)8-6/h3-4,7-8H,5-6H2,1-2H3. The van der Waals surface area contributed by atoms with Gasteiger partial charge in [0.2, 0.25) is 0 Å². The maximum Gasteiger partial charge on any atom is 0.0346 e. The van der Waals surface area contributed by atoms with Gasteiger partial charge in [0.1, 0.15) is 0 Å². The summed E-state index contributed by atoms with van der Waals surface area (Å²) in [5.41, 5.74) is 5.15. The lowest BCUT2D eigenvalue weighted by molar-refractivity contribution is 0.423. The Labute approximate surface area is 49.6 Å². The molecule has 0 saturated heterocycles. The monoisotopic (exact) mass is 118 g/mol. The molecule has 8 heavy (non-hydrogen) atoms. The molecule has 0 amide bonds. The Hall–Kier alpha value is -0.160. The van der Waals surface area contributed by atoms with Crippen LogP contribution in [0.4, 0.5) is 0 Å². The summed E-state index contributed by atoms with van der Waals surface area (Å²) in [7, 11) is 0. The van der Waals surface area contributed by atoms with Crippen molar-refractivity contribution in [1.82, 2.24) is 10.9 Å². The van der Waals surface area contributed by atoms with E-state index in [1.54, 1.807) is 0 Å². The van der Waals surface area contributed by atoms with E-state index in [2.05, 4.69) is 10.9 Å². The normalized spacial score (nSPS) is 18.0. The minimum absolute atomic E-state index is 0.208. The minimum Gasteiger partial charge on any atom is -0.271 e. The van der Waals surface area contributed by atoms with Crippen molar-refractivity contribution in [3.63, 3.8) is 0 Å². The van der Waals surface area contributed by atoms with E-state index in [4.69, 9.17) is 11.7 Å². The van der Waals surface area contributed by atoms with Gasteiger partial charge in [-0.1, -0.05) is 0 Å². The van der Waals surface area contributed by atoms with Gasteiger partial charge in [0.05, 0.1) is 0 Å². The van der Waals surface area contributed by atoms with Crippen LogP contribution in [0.15, 0.2) is 0 Å². The highest BCUT2D eigenvalue weighted by atomic mass is 15.3. The lowest BCUT2D eigenvalue weighted by atomic mass is 10.2. The number of rotatable bonds is 3. The zero-order valence-electron chi connectivity index (χ0n) is 5.31. The summed E-state index contributed by atoms with van der Waals surface area (Å²) in [5.74, 6) is 10.2. The van der Waals surface area contributed by atoms with Crippen LogP contribution in [-0.2, 0) is 0 Å². The molecule has 0 heterocycles. The van der Waals surface area contributed by atoms with E-state index in [1.807, 2.05) is 13.8 Å². The lowest BCUT2D eigenvalue weighted by Crippen LogP contribution is -2.49. The number of nitrogens with two attached hydrogens (primary N) is 2. The molecule has 0 bridgehead atoms. The van der Waals surface area contributed by atoms with Gasteiger partial charge < -0.3 is 0 Å². The van der Waals surface area contributed by atoms with Crippen molar-refractivity contribution < 1.29 is 0 Å². The first-order chi connectivity index (χ1) is 3.72. The molecule has 0 aliphatic heterocycles. The van der Waals surface area contributed by atoms with Gasteiger partial charge in [0.25, 0.3) is 0 Å². The first-order valence-corrected chi connectivity index (χ1v) is 2.64. The molecular formula is C4H14N4. The molecule has 0 aliphatic rings. The zero-order valence-corrected chi connectivity index (χ0v) is 5.31. The number of nitrogens with one attached hydrogen (secondary N) is 2. The Kier molecular flexibility index (Phi) is 3.72. The van der Waals surface area contributed by atoms with Gasteiger partial charge in [0, 0.05) is 12.1 Å². The summed E-state index contributed by atoms with van der Waals surface area (Å²) in [6.07, 6.45) is 0. The van der Waals surface area contributed by atoms with Crippen LogP contribution in [0.1, 0.15) is 13.8 Å². The summed E-state index contributed by atoms with van der Waals surface area (Å²) in [5, 5.41) is 0. The number of hydrogen-bond acceptors (Lipinski definition) is 4. The van der Waals surface area contributed by atoms with E-state index in [0.29, 0.717) is 0 Å². The summed E-state index contributed by atoms with van der Waals surface area (Å²) < 4.78 is 0. The predicted octanol–water partition coefficient (Wildman–Crippen LogP) is -1.31. The van der Waals surface area contributed by atoms with Crippen LogP contribution in [0, 0.1) is 0 Å². The minimum atomic E-state index is 0.208. The molecule has 0 rings (SSSR count). The maximum atomic E-state index is 5.10. The topological polar surface area (TPSA) is 76.1 Å². The fourth-order valence-electron chi connectivity index (χ4n) is 0.289. The van der Waals surface area contributed by atoms with E-state index in [1.165, 1.54) is 0 Å². The van der Waals surface area contributed by atoms with Crippen molar-refractivity contribution in [2.24, 2.45) is 11.7 Å². The molecule has 0 saturated carbocycles. The first-order valence-electron chi connectivity index (χ1n) is 2.64. The van der Waals surface area contributed by atoms with E-state index in [9.17, 15) is 0 Å². The zero-order chi connectivity index (χ0) is 6.57. The highest BCUT2D eigenvalue weighted by molar-refractivity contribution is 4.68. The molecule has 0 aliphatic carbocycles. The molecule has 0 spiro atoms. The van der Waals surface area contributed by atoms with E-state index in [-0.39, 0.29) is 12.1 Å². The Bertz CT molecular complexity index is 48.0. The lowest BCUT2D eigenvalue weighted by Gasteiger charge is -2.16. The van der Waals surface area contributed by atoms with Gasteiger partial charge in [0.15, 0.2) is 0 Å². The van der Waals surface area contributed by atoms with Crippen LogP contribution >= 0.6 is 0 Å². The van der Waals surface area contributed by atoms with E-state index >= 15 is 0 Å². The molecule has 0 aromatic carbocycles. The van der Waals surface area contributed by atoms with Gasteiger partial charge in [-0.15, -0.1) is 0 Å². The van der Waals surface area contributed by atoms with Crippen LogP contribution < -0.4 is 22.5 Å². The molecule has 0 radical (unpaired) electrons. The summed E-state index contributed by atoms with van der Waals surface area (Å²) in [6, 6.07) is 0.417. The van der Waals surface area contributed by atoms with Crippen molar-refractivity contribution in [2.45, 2.75) is 25.9 Å². The van der Waals surface area contributed by atoms with Crippen LogP contribution in [0.5, 0.6) is 0 Å². The van der Waals surface area contributed by atoms with Crippen LogP contribution in [-0.4, -0.2) is 12.1 Å². The molecule has 50 valence electrons. The smallest absolute Gasteiger partial charge is 0.0346 e. The fourth-order valence-corrected chi connectivity index (χ4v) is 0.289. The fraction of sp³-hybridized carbons (Fsp3) is 1.00. The average Bonchev–Trinajstić information content (AvgIpc) is 1.84. The molecule has 0 fully saturated rings.